The molecule has 8 heteroatoms. The van der Waals surface area contributed by atoms with Crippen LogP contribution in [0.3, 0.4) is 0 Å². The van der Waals surface area contributed by atoms with E-state index in [1.54, 1.807) is 4.90 Å². The summed E-state index contributed by atoms with van der Waals surface area (Å²) in [5, 5.41) is 20.5. The van der Waals surface area contributed by atoms with Crippen LogP contribution in [0.5, 0.6) is 0 Å². The van der Waals surface area contributed by atoms with Gasteiger partial charge in [-0.15, -0.1) is 10.2 Å². The van der Waals surface area contributed by atoms with Gasteiger partial charge in [-0.05, 0) is 19.3 Å². The van der Waals surface area contributed by atoms with Gasteiger partial charge in [-0.25, -0.2) is 0 Å². The maximum absolute atomic E-state index is 12.2. The highest BCUT2D eigenvalue weighted by Crippen LogP contribution is 2.25. The van der Waals surface area contributed by atoms with Crippen molar-refractivity contribution >= 4 is 11.9 Å². The van der Waals surface area contributed by atoms with Gasteiger partial charge in [0.2, 0.25) is 5.91 Å². The zero-order chi connectivity index (χ0) is 17.8. The average Bonchev–Trinajstić information content (AvgIpc) is 2.95. The highest BCUT2D eigenvalue weighted by molar-refractivity contribution is 5.80. The van der Waals surface area contributed by atoms with Gasteiger partial charge in [-0.3, -0.25) is 14.5 Å². The molecule has 3 rings (SSSR count). The van der Waals surface area contributed by atoms with Crippen molar-refractivity contribution < 1.29 is 14.7 Å². The van der Waals surface area contributed by atoms with Crippen molar-refractivity contribution in [1.29, 1.82) is 0 Å². The predicted molar refractivity (Wildman–Crippen MR) is 90.8 cm³/mol. The fraction of sp³-hybridized carbons (Fsp3) is 0.765. The van der Waals surface area contributed by atoms with Crippen LogP contribution in [-0.2, 0) is 22.7 Å². The molecule has 1 aromatic rings. The minimum absolute atomic E-state index is 0.0769. The average molecular weight is 349 g/mol. The first-order valence-electron chi connectivity index (χ1n) is 9.17. The van der Waals surface area contributed by atoms with Crippen LogP contribution in [0.2, 0.25) is 0 Å². The molecule has 1 amide bonds. The Morgan fingerprint density at radius 1 is 1.24 bits per heavy atom. The molecule has 0 radical (unpaired) electrons. The number of hydrogen-bond donors (Lipinski definition) is 2. The zero-order valence-corrected chi connectivity index (χ0v) is 14.8. The van der Waals surface area contributed by atoms with Crippen molar-refractivity contribution in [2.24, 2.45) is 5.92 Å². The number of aryl methyl sites for hydroxylation is 1. The Morgan fingerprint density at radius 3 is 2.72 bits per heavy atom. The van der Waals surface area contributed by atoms with Gasteiger partial charge in [0.1, 0.15) is 17.7 Å². The number of aliphatic carboxylic acids is 1. The van der Waals surface area contributed by atoms with Gasteiger partial charge in [0.25, 0.3) is 0 Å². The van der Waals surface area contributed by atoms with Crippen LogP contribution in [0.25, 0.3) is 0 Å². The number of carbonyl (C=O) groups is 2. The van der Waals surface area contributed by atoms with Gasteiger partial charge in [0.15, 0.2) is 0 Å². The molecule has 1 aliphatic heterocycles. The summed E-state index contributed by atoms with van der Waals surface area (Å²) in [5.74, 6) is 1.10. The molecule has 25 heavy (non-hydrogen) atoms. The number of fused-ring (bicyclic) bond motifs is 1. The first-order valence-corrected chi connectivity index (χ1v) is 9.17. The molecule has 1 aliphatic carbocycles. The molecule has 138 valence electrons. The van der Waals surface area contributed by atoms with E-state index in [1.807, 2.05) is 11.5 Å². The molecule has 0 aromatic carbocycles. The molecule has 0 bridgehead atoms. The summed E-state index contributed by atoms with van der Waals surface area (Å²) in [6.45, 7) is 3.16. The van der Waals surface area contributed by atoms with Crippen LogP contribution in [0, 0.1) is 12.8 Å². The molecule has 1 saturated carbocycles. The summed E-state index contributed by atoms with van der Waals surface area (Å²) in [6, 6.07) is -0.730. The Balaban J connectivity index is 1.51. The lowest BCUT2D eigenvalue weighted by atomic mass is 9.87. The third-order valence-corrected chi connectivity index (χ3v) is 5.38. The highest BCUT2D eigenvalue weighted by atomic mass is 16.4. The number of aromatic nitrogens is 3. The van der Waals surface area contributed by atoms with E-state index in [0.717, 1.165) is 12.3 Å². The number of hydrogen-bond acceptors (Lipinski definition) is 5. The number of carboxylic acids is 1. The lowest BCUT2D eigenvalue weighted by molar-refractivity contribution is -0.145. The Labute approximate surface area is 147 Å². The van der Waals surface area contributed by atoms with Crippen LogP contribution in [0.15, 0.2) is 0 Å². The molecule has 0 spiro atoms. The normalized spacial score (nSPS) is 21.7. The Morgan fingerprint density at radius 2 is 2.00 bits per heavy atom. The number of nitrogens with zero attached hydrogens (tertiary/aromatic N) is 4. The maximum atomic E-state index is 12.2. The van der Waals surface area contributed by atoms with Crippen molar-refractivity contribution in [1.82, 2.24) is 25.0 Å². The summed E-state index contributed by atoms with van der Waals surface area (Å²) < 4.78 is 1.82. The van der Waals surface area contributed by atoms with Gasteiger partial charge < -0.3 is 15.0 Å². The second-order valence-corrected chi connectivity index (χ2v) is 7.18. The number of nitrogens with one attached hydrogen (secondary N) is 1. The first-order chi connectivity index (χ1) is 12.0. The van der Waals surface area contributed by atoms with E-state index >= 15 is 0 Å². The highest BCUT2D eigenvalue weighted by Gasteiger charge is 2.34. The summed E-state index contributed by atoms with van der Waals surface area (Å²) in [4.78, 5) is 25.5. The SMILES string of the molecule is Cc1nnc2n1CC(C(=O)O)N(CC(=O)NCCC1CCCCC1)C2. The Bertz CT molecular complexity index is 624. The summed E-state index contributed by atoms with van der Waals surface area (Å²) >= 11 is 0. The van der Waals surface area contributed by atoms with Crippen LogP contribution < -0.4 is 5.32 Å². The second kappa shape index (κ2) is 7.95. The predicted octanol–water partition coefficient (Wildman–Crippen LogP) is 0.942. The van der Waals surface area contributed by atoms with E-state index in [9.17, 15) is 14.7 Å². The Hall–Kier alpha value is -1.96. The summed E-state index contributed by atoms with van der Waals surface area (Å²) in [7, 11) is 0. The van der Waals surface area contributed by atoms with E-state index in [4.69, 9.17) is 0 Å². The van der Waals surface area contributed by atoms with E-state index in [2.05, 4.69) is 15.5 Å². The number of amides is 1. The van der Waals surface area contributed by atoms with Gasteiger partial charge >= 0.3 is 5.97 Å². The second-order valence-electron chi connectivity index (χ2n) is 7.18. The molecule has 8 nitrogen and oxygen atoms in total. The van der Waals surface area contributed by atoms with Gasteiger partial charge in [0, 0.05) is 6.54 Å². The molecular weight excluding hydrogens is 322 g/mol. The lowest BCUT2D eigenvalue weighted by Gasteiger charge is -2.32. The fourth-order valence-corrected chi connectivity index (χ4v) is 3.89. The molecule has 1 fully saturated rings. The van der Waals surface area contributed by atoms with Gasteiger partial charge in [-0.2, -0.15) is 0 Å². The van der Waals surface area contributed by atoms with Crippen molar-refractivity contribution in [3.05, 3.63) is 11.6 Å². The molecular formula is C17H27N5O3. The lowest BCUT2D eigenvalue weighted by Crippen LogP contribution is -2.51. The van der Waals surface area contributed by atoms with Crippen molar-refractivity contribution in [2.45, 2.75) is 64.6 Å². The van der Waals surface area contributed by atoms with Gasteiger partial charge in [0.05, 0.1) is 19.6 Å². The van der Waals surface area contributed by atoms with Crippen molar-refractivity contribution in [3.63, 3.8) is 0 Å². The smallest absolute Gasteiger partial charge is 0.322 e. The minimum Gasteiger partial charge on any atom is -0.480 e. The molecule has 1 atom stereocenters. The first kappa shape index (κ1) is 17.8. The van der Waals surface area contributed by atoms with Crippen LogP contribution in [-0.4, -0.2) is 55.8 Å². The minimum atomic E-state index is -0.922. The number of carbonyl (C=O) groups excluding carboxylic acids is 1. The molecule has 2 aliphatic rings. The number of carboxylic acid groups (broad SMARTS) is 1. The van der Waals surface area contributed by atoms with Crippen molar-refractivity contribution in [3.8, 4) is 0 Å². The summed E-state index contributed by atoms with van der Waals surface area (Å²) in [6.07, 6.45) is 7.47. The summed E-state index contributed by atoms with van der Waals surface area (Å²) in [5.41, 5.74) is 0. The molecule has 0 saturated heterocycles. The topological polar surface area (TPSA) is 100 Å². The van der Waals surface area contributed by atoms with Crippen LogP contribution in [0.4, 0.5) is 0 Å². The van der Waals surface area contributed by atoms with E-state index in [-0.39, 0.29) is 19.0 Å². The maximum Gasteiger partial charge on any atom is 0.322 e. The molecule has 2 N–H and O–H groups in total. The monoisotopic (exact) mass is 349 g/mol. The van der Waals surface area contributed by atoms with Gasteiger partial charge in [-0.1, -0.05) is 32.1 Å². The zero-order valence-electron chi connectivity index (χ0n) is 14.8. The quantitative estimate of drug-likeness (QED) is 0.793. The van der Waals surface area contributed by atoms with Crippen LogP contribution in [0.1, 0.15) is 50.2 Å². The third-order valence-electron chi connectivity index (χ3n) is 5.38. The number of rotatable bonds is 6. The Kier molecular flexibility index (Phi) is 5.67. The van der Waals surface area contributed by atoms with Crippen LogP contribution >= 0.6 is 0 Å². The van der Waals surface area contributed by atoms with E-state index < -0.39 is 12.0 Å². The van der Waals surface area contributed by atoms with E-state index in [1.165, 1.54) is 32.1 Å². The van der Waals surface area contributed by atoms with E-state index in [0.29, 0.717) is 24.7 Å². The fourth-order valence-electron chi connectivity index (χ4n) is 3.89. The molecule has 1 aromatic heterocycles. The molecule has 1 unspecified atom stereocenters. The largest absolute Gasteiger partial charge is 0.480 e. The third kappa shape index (κ3) is 4.36. The standard InChI is InChI=1S/C17H27N5O3/c1-12-19-20-15-10-21(14(17(24)25)9-22(12)15)11-16(23)18-8-7-13-5-3-2-4-6-13/h13-14H,2-11H2,1H3,(H,18,23)(H,24,25). The van der Waals surface area contributed by atoms with Crippen molar-refractivity contribution in [2.75, 3.05) is 13.1 Å². The molecule has 2 heterocycles.